The Morgan fingerprint density at radius 2 is 1.88 bits per heavy atom. The maximum absolute atomic E-state index is 11.5. The summed E-state index contributed by atoms with van der Waals surface area (Å²) >= 11 is 0. The number of carbonyl (C=O) groups excluding carboxylic acids is 2. The Hall–Kier alpha value is -2.36. The van der Waals surface area contributed by atoms with Crippen LogP contribution in [0.5, 0.6) is 5.75 Å². The number of imide groups is 1. The summed E-state index contributed by atoms with van der Waals surface area (Å²) in [4.78, 5) is 24.1. The summed E-state index contributed by atoms with van der Waals surface area (Å²) in [6, 6.07) is 5.07. The molecule has 1 aromatic rings. The highest BCUT2D eigenvalue weighted by molar-refractivity contribution is 6.28. The Kier molecular flexibility index (Phi) is 2.78. The quantitative estimate of drug-likeness (QED) is 0.742. The number of hydrogen-bond donors (Lipinski definition) is 0. The maximum Gasteiger partial charge on any atom is 0.258 e. The fourth-order valence-electron chi connectivity index (χ4n) is 1.66. The van der Waals surface area contributed by atoms with Crippen molar-refractivity contribution in [3.05, 3.63) is 42.5 Å². The molecule has 2 rings (SSSR count). The molecule has 0 spiro atoms. The lowest BCUT2D eigenvalue weighted by Gasteiger charge is -2.15. The van der Waals surface area contributed by atoms with E-state index in [0.717, 1.165) is 10.5 Å². The molecule has 0 fully saturated rings. The first-order chi connectivity index (χ1) is 8.17. The third-order valence-corrected chi connectivity index (χ3v) is 2.50. The summed E-state index contributed by atoms with van der Waals surface area (Å²) in [6.07, 6.45) is 4.14. The Bertz CT molecular complexity index is 513. The third-order valence-electron chi connectivity index (χ3n) is 2.50. The molecule has 1 aromatic carbocycles. The highest BCUT2D eigenvalue weighted by Crippen LogP contribution is 2.28. The first kappa shape index (κ1) is 11.1. The molecule has 0 saturated carbocycles. The van der Waals surface area contributed by atoms with Crippen LogP contribution in [0.25, 0.3) is 6.08 Å². The van der Waals surface area contributed by atoms with E-state index in [1.165, 1.54) is 19.3 Å². The number of benzene rings is 1. The number of amides is 2. The zero-order valence-electron chi connectivity index (χ0n) is 9.34. The van der Waals surface area contributed by atoms with Crippen molar-refractivity contribution >= 4 is 23.6 Å². The van der Waals surface area contributed by atoms with Crippen molar-refractivity contribution in [2.75, 3.05) is 12.0 Å². The number of nitrogens with zero attached hydrogens (tertiary/aromatic N) is 1. The van der Waals surface area contributed by atoms with Gasteiger partial charge in [-0.25, -0.2) is 4.90 Å². The van der Waals surface area contributed by atoms with E-state index in [-0.39, 0.29) is 11.8 Å². The van der Waals surface area contributed by atoms with Gasteiger partial charge in [-0.15, -0.1) is 0 Å². The first-order valence-corrected chi connectivity index (χ1v) is 5.04. The van der Waals surface area contributed by atoms with E-state index < -0.39 is 0 Å². The molecule has 1 aliphatic heterocycles. The molecule has 2 amide bonds. The maximum atomic E-state index is 11.5. The van der Waals surface area contributed by atoms with Crippen LogP contribution in [-0.2, 0) is 9.59 Å². The number of anilines is 1. The van der Waals surface area contributed by atoms with Gasteiger partial charge < -0.3 is 4.74 Å². The van der Waals surface area contributed by atoms with E-state index in [1.54, 1.807) is 24.3 Å². The monoisotopic (exact) mass is 229 g/mol. The van der Waals surface area contributed by atoms with Crippen LogP contribution in [0, 0.1) is 0 Å². The molecule has 4 heteroatoms. The molecule has 0 N–H and O–H groups in total. The van der Waals surface area contributed by atoms with Gasteiger partial charge in [0.25, 0.3) is 11.8 Å². The van der Waals surface area contributed by atoms with Crippen molar-refractivity contribution in [2.24, 2.45) is 0 Å². The number of hydrogen-bond acceptors (Lipinski definition) is 3. The SMILES string of the molecule is C=Cc1ccc(N2C(=O)C=CC2=O)cc1OC. The van der Waals surface area contributed by atoms with Crippen LogP contribution >= 0.6 is 0 Å². The Morgan fingerprint density at radius 3 is 2.41 bits per heavy atom. The second-order valence-electron chi connectivity index (χ2n) is 3.48. The van der Waals surface area contributed by atoms with Crippen molar-refractivity contribution < 1.29 is 14.3 Å². The molecule has 0 saturated heterocycles. The normalized spacial score (nSPS) is 14.3. The molecule has 0 atom stereocenters. The Balaban J connectivity index is 2.44. The molecule has 1 heterocycles. The van der Waals surface area contributed by atoms with Crippen molar-refractivity contribution in [1.29, 1.82) is 0 Å². The van der Waals surface area contributed by atoms with Crippen LogP contribution in [0.15, 0.2) is 36.9 Å². The van der Waals surface area contributed by atoms with Gasteiger partial charge in [-0.1, -0.05) is 12.7 Å². The smallest absolute Gasteiger partial charge is 0.258 e. The highest BCUT2D eigenvalue weighted by atomic mass is 16.5. The van der Waals surface area contributed by atoms with E-state index in [2.05, 4.69) is 6.58 Å². The van der Waals surface area contributed by atoms with Crippen LogP contribution in [-0.4, -0.2) is 18.9 Å². The van der Waals surface area contributed by atoms with Gasteiger partial charge in [-0.3, -0.25) is 9.59 Å². The van der Waals surface area contributed by atoms with Crippen molar-refractivity contribution in [1.82, 2.24) is 0 Å². The molecule has 1 aliphatic rings. The van der Waals surface area contributed by atoms with E-state index in [9.17, 15) is 9.59 Å². The van der Waals surface area contributed by atoms with Crippen LogP contribution in [0.1, 0.15) is 5.56 Å². The van der Waals surface area contributed by atoms with Crippen LogP contribution in [0.4, 0.5) is 5.69 Å². The molecule has 0 bridgehead atoms. The summed E-state index contributed by atoms with van der Waals surface area (Å²) in [6.45, 7) is 3.66. The molecular weight excluding hydrogens is 218 g/mol. The average molecular weight is 229 g/mol. The summed E-state index contributed by atoms with van der Waals surface area (Å²) in [5, 5.41) is 0. The van der Waals surface area contributed by atoms with E-state index in [0.29, 0.717) is 11.4 Å². The van der Waals surface area contributed by atoms with E-state index in [4.69, 9.17) is 4.74 Å². The van der Waals surface area contributed by atoms with E-state index in [1.807, 2.05) is 0 Å². The van der Waals surface area contributed by atoms with Gasteiger partial charge in [0.1, 0.15) is 5.75 Å². The molecule has 17 heavy (non-hydrogen) atoms. The number of ether oxygens (including phenoxy) is 1. The standard InChI is InChI=1S/C13H11NO3/c1-3-9-4-5-10(8-11(9)17-2)14-12(15)6-7-13(14)16/h3-8H,1H2,2H3. The molecule has 0 aromatic heterocycles. The number of rotatable bonds is 3. The first-order valence-electron chi connectivity index (χ1n) is 5.04. The summed E-state index contributed by atoms with van der Waals surface area (Å²) in [5.74, 6) is -0.114. The lowest BCUT2D eigenvalue weighted by molar-refractivity contribution is -0.119. The minimum absolute atomic E-state index is 0.344. The van der Waals surface area contributed by atoms with Gasteiger partial charge in [-0.2, -0.15) is 0 Å². The lowest BCUT2D eigenvalue weighted by Crippen LogP contribution is -2.29. The van der Waals surface area contributed by atoms with Gasteiger partial charge in [0.05, 0.1) is 12.8 Å². The van der Waals surface area contributed by atoms with Gasteiger partial charge in [0.2, 0.25) is 0 Å². The predicted molar refractivity (Wildman–Crippen MR) is 64.7 cm³/mol. The average Bonchev–Trinajstić information content (AvgIpc) is 2.68. The molecule has 0 aliphatic carbocycles. The van der Waals surface area contributed by atoms with Crippen LogP contribution < -0.4 is 9.64 Å². The fraction of sp³-hybridized carbons (Fsp3) is 0.0769. The zero-order chi connectivity index (χ0) is 12.4. The Labute approximate surface area is 98.8 Å². The zero-order valence-corrected chi connectivity index (χ0v) is 9.34. The van der Waals surface area contributed by atoms with Gasteiger partial charge in [0, 0.05) is 23.8 Å². The third kappa shape index (κ3) is 1.85. The van der Waals surface area contributed by atoms with Crippen LogP contribution in [0.3, 0.4) is 0 Å². The van der Waals surface area contributed by atoms with Crippen molar-refractivity contribution in [2.45, 2.75) is 0 Å². The van der Waals surface area contributed by atoms with Gasteiger partial charge in [0.15, 0.2) is 0 Å². The second kappa shape index (κ2) is 4.25. The highest BCUT2D eigenvalue weighted by Gasteiger charge is 2.25. The summed E-state index contributed by atoms with van der Waals surface area (Å²) < 4.78 is 5.17. The molecule has 86 valence electrons. The Morgan fingerprint density at radius 1 is 1.24 bits per heavy atom. The predicted octanol–water partition coefficient (Wildman–Crippen LogP) is 1.77. The largest absolute Gasteiger partial charge is 0.496 e. The van der Waals surface area contributed by atoms with E-state index >= 15 is 0 Å². The number of methoxy groups -OCH3 is 1. The minimum Gasteiger partial charge on any atom is -0.496 e. The number of carbonyl (C=O) groups is 2. The fourth-order valence-corrected chi connectivity index (χ4v) is 1.66. The summed E-state index contributed by atoms with van der Waals surface area (Å²) in [7, 11) is 1.53. The van der Waals surface area contributed by atoms with Crippen molar-refractivity contribution in [3.63, 3.8) is 0 Å². The molecule has 0 radical (unpaired) electrons. The molecule has 4 nitrogen and oxygen atoms in total. The second-order valence-corrected chi connectivity index (χ2v) is 3.48. The minimum atomic E-state index is -0.344. The van der Waals surface area contributed by atoms with Gasteiger partial charge >= 0.3 is 0 Å². The van der Waals surface area contributed by atoms with Gasteiger partial charge in [-0.05, 0) is 12.1 Å². The van der Waals surface area contributed by atoms with Crippen LogP contribution in [0.2, 0.25) is 0 Å². The van der Waals surface area contributed by atoms with Crippen molar-refractivity contribution in [3.8, 4) is 5.75 Å². The summed E-state index contributed by atoms with van der Waals surface area (Å²) in [5.41, 5.74) is 1.30. The molecular formula is C13H11NO3. The lowest BCUT2D eigenvalue weighted by atomic mass is 10.1. The topological polar surface area (TPSA) is 46.6 Å². The molecule has 0 unspecified atom stereocenters.